The number of aryl methyl sites for hydroxylation is 1. The molecule has 1 aromatic heterocycles. The van der Waals surface area contributed by atoms with Gasteiger partial charge in [0.05, 0.1) is 11.4 Å². The number of benzene rings is 1. The van der Waals surface area contributed by atoms with E-state index >= 15 is 0 Å². The summed E-state index contributed by atoms with van der Waals surface area (Å²) in [5.74, 6) is -1.62. The Morgan fingerprint density at radius 2 is 2.11 bits per heavy atom. The third-order valence-electron chi connectivity index (χ3n) is 2.71. The van der Waals surface area contributed by atoms with Crippen LogP contribution in [-0.2, 0) is 0 Å². The number of halogens is 1. The summed E-state index contributed by atoms with van der Waals surface area (Å²) in [4.78, 5) is 11.1. The molecule has 0 atom stereocenters. The Bertz CT molecular complexity index is 634. The van der Waals surface area contributed by atoms with Crippen molar-refractivity contribution in [2.75, 3.05) is 5.73 Å². The van der Waals surface area contributed by atoms with Crippen LogP contribution in [0.3, 0.4) is 0 Å². The predicted molar refractivity (Wildman–Crippen MR) is 64.4 cm³/mol. The summed E-state index contributed by atoms with van der Waals surface area (Å²) in [6.07, 6.45) is 0. The number of aromatic carboxylic acids is 1. The number of carboxylic acid groups (broad SMARTS) is 1. The van der Waals surface area contributed by atoms with Crippen LogP contribution in [0.5, 0.6) is 0 Å². The molecule has 0 fully saturated rings. The Kier molecular flexibility index (Phi) is 2.78. The summed E-state index contributed by atoms with van der Waals surface area (Å²) in [6, 6.07) is 4.18. The van der Waals surface area contributed by atoms with Gasteiger partial charge in [-0.2, -0.15) is 5.10 Å². The quantitative estimate of drug-likeness (QED) is 0.796. The zero-order chi connectivity index (χ0) is 13.4. The van der Waals surface area contributed by atoms with Gasteiger partial charge >= 0.3 is 5.97 Å². The maximum atomic E-state index is 13.8. The van der Waals surface area contributed by atoms with E-state index in [-0.39, 0.29) is 11.3 Å². The number of nitrogen functional groups attached to an aromatic ring is 1. The Morgan fingerprint density at radius 1 is 1.44 bits per heavy atom. The number of aromatic nitrogens is 2. The molecule has 0 aliphatic rings. The van der Waals surface area contributed by atoms with E-state index in [0.29, 0.717) is 17.1 Å². The SMILES string of the molecule is Cc1nn(-c2ccc(N)cc2F)c(C)c1C(=O)O. The Hall–Kier alpha value is -2.37. The normalized spacial score (nSPS) is 10.6. The van der Waals surface area contributed by atoms with Crippen molar-refractivity contribution in [2.24, 2.45) is 0 Å². The molecule has 0 amide bonds. The van der Waals surface area contributed by atoms with Crippen LogP contribution in [0.4, 0.5) is 10.1 Å². The van der Waals surface area contributed by atoms with Gasteiger partial charge in [-0.3, -0.25) is 0 Å². The summed E-state index contributed by atoms with van der Waals surface area (Å²) in [5.41, 5.74) is 6.75. The summed E-state index contributed by atoms with van der Waals surface area (Å²) in [6.45, 7) is 3.15. The second kappa shape index (κ2) is 4.14. The molecule has 0 saturated carbocycles. The topological polar surface area (TPSA) is 81.1 Å². The van der Waals surface area contributed by atoms with Gasteiger partial charge in [0.25, 0.3) is 0 Å². The third-order valence-corrected chi connectivity index (χ3v) is 2.71. The van der Waals surface area contributed by atoms with Crippen molar-refractivity contribution < 1.29 is 14.3 Å². The van der Waals surface area contributed by atoms with Gasteiger partial charge in [0.1, 0.15) is 11.3 Å². The summed E-state index contributed by atoms with van der Waals surface area (Å²) >= 11 is 0. The highest BCUT2D eigenvalue weighted by Gasteiger charge is 2.19. The summed E-state index contributed by atoms with van der Waals surface area (Å²) in [7, 11) is 0. The van der Waals surface area contributed by atoms with Crippen LogP contribution >= 0.6 is 0 Å². The van der Waals surface area contributed by atoms with Gasteiger partial charge in [0.15, 0.2) is 5.82 Å². The lowest BCUT2D eigenvalue weighted by atomic mass is 10.2. The first-order valence-electron chi connectivity index (χ1n) is 5.26. The number of hydrogen-bond donors (Lipinski definition) is 2. The molecule has 0 aliphatic carbocycles. The number of nitrogens with two attached hydrogens (primary N) is 1. The zero-order valence-corrected chi connectivity index (χ0v) is 9.94. The minimum atomic E-state index is -1.08. The van der Waals surface area contributed by atoms with Crippen LogP contribution in [-0.4, -0.2) is 20.9 Å². The monoisotopic (exact) mass is 249 g/mol. The van der Waals surface area contributed by atoms with E-state index in [9.17, 15) is 9.18 Å². The highest BCUT2D eigenvalue weighted by Crippen LogP contribution is 2.21. The average Bonchev–Trinajstić information content (AvgIpc) is 2.54. The molecule has 1 heterocycles. The Balaban J connectivity index is 2.65. The van der Waals surface area contributed by atoms with Gasteiger partial charge in [-0.15, -0.1) is 0 Å². The smallest absolute Gasteiger partial charge is 0.339 e. The fraction of sp³-hybridized carbons (Fsp3) is 0.167. The van der Waals surface area contributed by atoms with E-state index in [1.165, 1.54) is 22.9 Å². The predicted octanol–water partition coefficient (Wildman–Crippen LogP) is 1.91. The lowest BCUT2D eigenvalue weighted by Crippen LogP contribution is -2.04. The lowest BCUT2D eigenvalue weighted by Gasteiger charge is -2.06. The maximum Gasteiger partial charge on any atom is 0.339 e. The first kappa shape index (κ1) is 12.1. The van der Waals surface area contributed by atoms with Gasteiger partial charge in [-0.1, -0.05) is 0 Å². The number of rotatable bonds is 2. The van der Waals surface area contributed by atoms with Crippen LogP contribution in [0, 0.1) is 19.7 Å². The highest BCUT2D eigenvalue weighted by molar-refractivity contribution is 5.90. The largest absolute Gasteiger partial charge is 0.478 e. The molecule has 0 unspecified atom stereocenters. The van der Waals surface area contributed by atoms with Crippen molar-refractivity contribution in [1.29, 1.82) is 0 Å². The van der Waals surface area contributed by atoms with E-state index in [0.717, 1.165) is 0 Å². The Morgan fingerprint density at radius 3 is 2.61 bits per heavy atom. The molecule has 18 heavy (non-hydrogen) atoms. The van der Waals surface area contributed by atoms with Gasteiger partial charge < -0.3 is 10.8 Å². The minimum Gasteiger partial charge on any atom is -0.478 e. The fourth-order valence-electron chi connectivity index (χ4n) is 1.88. The molecule has 0 aliphatic heterocycles. The van der Waals surface area contributed by atoms with Gasteiger partial charge in [0, 0.05) is 5.69 Å². The van der Waals surface area contributed by atoms with Crippen molar-refractivity contribution in [3.05, 3.63) is 41.0 Å². The highest BCUT2D eigenvalue weighted by atomic mass is 19.1. The van der Waals surface area contributed by atoms with E-state index < -0.39 is 11.8 Å². The van der Waals surface area contributed by atoms with Crippen LogP contribution in [0.25, 0.3) is 5.69 Å². The average molecular weight is 249 g/mol. The number of carboxylic acids is 1. The standard InChI is InChI=1S/C12H12FN3O2/c1-6-11(12(17)18)7(2)16(15-6)10-4-3-8(14)5-9(10)13/h3-5H,14H2,1-2H3,(H,17,18). The van der Waals surface area contributed by atoms with Gasteiger partial charge in [-0.05, 0) is 32.0 Å². The van der Waals surface area contributed by atoms with Crippen molar-refractivity contribution in [2.45, 2.75) is 13.8 Å². The number of carbonyl (C=O) groups is 1. The van der Waals surface area contributed by atoms with Crippen molar-refractivity contribution in [3.63, 3.8) is 0 Å². The van der Waals surface area contributed by atoms with Gasteiger partial charge in [-0.25, -0.2) is 13.9 Å². The number of anilines is 1. The van der Waals surface area contributed by atoms with E-state index in [1.807, 2.05) is 0 Å². The number of nitrogens with zero attached hydrogens (tertiary/aromatic N) is 2. The summed E-state index contributed by atoms with van der Waals surface area (Å²) in [5, 5.41) is 13.1. The minimum absolute atomic E-state index is 0.0891. The number of hydrogen-bond acceptors (Lipinski definition) is 3. The lowest BCUT2D eigenvalue weighted by molar-refractivity contribution is 0.0695. The molecule has 3 N–H and O–H groups in total. The van der Waals surface area contributed by atoms with Crippen LogP contribution in [0.15, 0.2) is 18.2 Å². The molecule has 2 rings (SSSR count). The van der Waals surface area contributed by atoms with Gasteiger partial charge in [0.2, 0.25) is 0 Å². The molecule has 94 valence electrons. The molecule has 0 spiro atoms. The molecule has 5 nitrogen and oxygen atoms in total. The van der Waals surface area contributed by atoms with Crippen molar-refractivity contribution in [3.8, 4) is 5.69 Å². The first-order chi connectivity index (χ1) is 8.41. The van der Waals surface area contributed by atoms with Crippen LogP contribution in [0.2, 0.25) is 0 Å². The van der Waals surface area contributed by atoms with E-state index in [1.54, 1.807) is 13.8 Å². The molecule has 0 bridgehead atoms. The maximum absolute atomic E-state index is 13.8. The zero-order valence-electron chi connectivity index (χ0n) is 9.94. The van der Waals surface area contributed by atoms with Crippen molar-refractivity contribution >= 4 is 11.7 Å². The molecular weight excluding hydrogens is 237 g/mol. The molecular formula is C12H12FN3O2. The Labute approximate surface area is 103 Å². The first-order valence-corrected chi connectivity index (χ1v) is 5.26. The van der Waals surface area contributed by atoms with Crippen molar-refractivity contribution in [1.82, 2.24) is 9.78 Å². The second-order valence-corrected chi connectivity index (χ2v) is 3.97. The third kappa shape index (κ3) is 1.81. The molecule has 2 aromatic rings. The second-order valence-electron chi connectivity index (χ2n) is 3.97. The molecule has 0 radical (unpaired) electrons. The summed E-state index contributed by atoms with van der Waals surface area (Å²) < 4.78 is 15.0. The molecule has 6 heteroatoms. The fourth-order valence-corrected chi connectivity index (χ4v) is 1.88. The van der Waals surface area contributed by atoms with Crippen LogP contribution < -0.4 is 5.73 Å². The molecule has 0 saturated heterocycles. The molecule has 1 aromatic carbocycles. The van der Waals surface area contributed by atoms with E-state index in [4.69, 9.17) is 10.8 Å². The van der Waals surface area contributed by atoms with E-state index in [2.05, 4.69) is 5.10 Å². The van der Waals surface area contributed by atoms with Crippen LogP contribution in [0.1, 0.15) is 21.7 Å².